The van der Waals surface area contributed by atoms with Gasteiger partial charge in [-0.1, -0.05) is 6.08 Å². The molecular formula is C6H8F4O3. The topological polar surface area (TPSA) is 57.5 Å². The van der Waals surface area contributed by atoms with Crippen LogP contribution in [0.2, 0.25) is 0 Å². The zero-order valence-corrected chi connectivity index (χ0v) is 6.55. The summed E-state index contributed by atoms with van der Waals surface area (Å²) >= 11 is 0. The van der Waals surface area contributed by atoms with Gasteiger partial charge in [0.1, 0.15) is 0 Å². The first-order chi connectivity index (χ1) is 5.82. The fourth-order valence-corrected chi connectivity index (χ4v) is 0.347. The molecule has 3 nitrogen and oxygen atoms in total. The number of alkyl halides is 4. The van der Waals surface area contributed by atoms with Crippen LogP contribution in [0, 0.1) is 0 Å². The number of hydrogen-bond acceptors (Lipinski definition) is 1. The second-order valence-corrected chi connectivity index (χ2v) is 1.67. The van der Waals surface area contributed by atoms with Crippen molar-refractivity contribution in [2.75, 3.05) is 0 Å². The van der Waals surface area contributed by atoms with Gasteiger partial charge in [-0.2, -0.15) is 0 Å². The Kier molecular flexibility index (Phi) is 8.10. The minimum Gasteiger partial charge on any atom is -0.450 e. The van der Waals surface area contributed by atoms with Gasteiger partial charge in [-0.3, -0.25) is 0 Å². The molecule has 0 atom stereocenters. The maximum Gasteiger partial charge on any atom is 0.503 e. The highest BCUT2D eigenvalue weighted by Gasteiger charge is 2.19. The van der Waals surface area contributed by atoms with E-state index in [0.29, 0.717) is 0 Å². The van der Waals surface area contributed by atoms with E-state index in [0.717, 1.165) is 13.0 Å². The Hall–Kier alpha value is -1.27. The summed E-state index contributed by atoms with van der Waals surface area (Å²) in [6.07, 6.45) is -7.17. The third-order valence-electron chi connectivity index (χ3n) is 0.837. The fraction of sp³-hybridized carbons (Fsp3) is 0.500. The van der Waals surface area contributed by atoms with Crippen LogP contribution < -0.4 is 0 Å². The van der Waals surface area contributed by atoms with Gasteiger partial charge in [0.05, 0.1) is 5.57 Å². The monoisotopic (exact) mass is 204 g/mol. The summed E-state index contributed by atoms with van der Waals surface area (Å²) in [7, 11) is 0. The molecule has 0 aromatic rings. The third-order valence-corrected chi connectivity index (χ3v) is 0.837. The molecule has 0 spiro atoms. The van der Waals surface area contributed by atoms with E-state index in [2.05, 4.69) is 0 Å². The number of allylic oxidation sites excluding steroid dienone is 2. The lowest BCUT2D eigenvalue weighted by molar-refractivity contribution is 0.111. The van der Waals surface area contributed by atoms with Crippen molar-refractivity contribution in [1.29, 1.82) is 0 Å². The molecule has 0 aliphatic rings. The van der Waals surface area contributed by atoms with Crippen molar-refractivity contribution in [3.05, 3.63) is 11.6 Å². The summed E-state index contributed by atoms with van der Waals surface area (Å²) in [5.74, 6) is 0. The van der Waals surface area contributed by atoms with Crippen LogP contribution in [0.1, 0.15) is 6.92 Å². The Morgan fingerprint density at radius 3 is 1.38 bits per heavy atom. The molecule has 0 bridgehead atoms. The molecule has 0 radical (unpaired) electrons. The average Bonchev–Trinajstić information content (AvgIpc) is 1.84. The van der Waals surface area contributed by atoms with Gasteiger partial charge in [0, 0.05) is 0 Å². The van der Waals surface area contributed by atoms with E-state index in [1.54, 1.807) is 0 Å². The Morgan fingerprint density at radius 1 is 1.15 bits per heavy atom. The molecule has 78 valence electrons. The number of carbonyl (C=O) groups is 1. The highest BCUT2D eigenvalue weighted by Crippen LogP contribution is 2.16. The van der Waals surface area contributed by atoms with Crippen molar-refractivity contribution in [1.82, 2.24) is 0 Å². The lowest BCUT2D eigenvalue weighted by atomic mass is 10.3. The molecule has 0 amide bonds. The van der Waals surface area contributed by atoms with Gasteiger partial charge in [-0.25, -0.2) is 22.4 Å². The van der Waals surface area contributed by atoms with Crippen molar-refractivity contribution in [3.8, 4) is 0 Å². The normalized spacial score (nSPS) is 9.15. The quantitative estimate of drug-likeness (QED) is 0.537. The highest BCUT2D eigenvalue weighted by atomic mass is 19.3. The van der Waals surface area contributed by atoms with Crippen LogP contribution in [0.4, 0.5) is 22.4 Å². The van der Waals surface area contributed by atoms with Gasteiger partial charge in [0.25, 0.3) is 12.9 Å². The summed E-state index contributed by atoms with van der Waals surface area (Å²) in [6, 6.07) is 0. The molecular weight excluding hydrogens is 196 g/mol. The van der Waals surface area contributed by atoms with Crippen molar-refractivity contribution >= 4 is 6.16 Å². The van der Waals surface area contributed by atoms with Gasteiger partial charge in [0.15, 0.2) is 0 Å². The number of rotatable bonds is 2. The van der Waals surface area contributed by atoms with Crippen LogP contribution >= 0.6 is 0 Å². The molecule has 13 heavy (non-hydrogen) atoms. The third kappa shape index (κ3) is 10.7. The van der Waals surface area contributed by atoms with Crippen LogP contribution in [0.5, 0.6) is 0 Å². The summed E-state index contributed by atoms with van der Waals surface area (Å²) in [4.78, 5) is 8.56. The molecule has 2 N–H and O–H groups in total. The molecule has 7 heteroatoms. The second kappa shape index (κ2) is 7.38. The van der Waals surface area contributed by atoms with Crippen molar-refractivity contribution in [2.24, 2.45) is 0 Å². The Bertz CT molecular complexity index is 165. The fourth-order valence-electron chi connectivity index (χ4n) is 0.347. The molecule has 0 aromatic heterocycles. The summed E-state index contributed by atoms with van der Waals surface area (Å²) in [5, 5.41) is 13.9. The predicted molar refractivity (Wildman–Crippen MR) is 36.4 cm³/mol. The SMILES string of the molecule is CC=C(C(F)F)C(F)F.O=C(O)O. The van der Waals surface area contributed by atoms with Gasteiger partial charge >= 0.3 is 6.16 Å². The van der Waals surface area contributed by atoms with E-state index in [-0.39, 0.29) is 0 Å². The maximum absolute atomic E-state index is 11.4. The minimum atomic E-state index is -3.03. The van der Waals surface area contributed by atoms with E-state index in [1.165, 1.54) is 0 Å². The van der Waals surface area contributed by atoms with E-state index in [9.17, 15) is 17.6 Å². The first-order valence-electron chi connectivity index (χ1n) is 2.97. The Morgan fingerprint density at radius 2 is 1.38 bits per heavy atom. The largest absolute Gasteiger partial charge is 0.503 e. The summed E-state index contributed by atoms with van der Waals surface area (Å²) in [6.45, 7) is 1.16. The Labute approximate surface area is 71.3 Å². The zero-order valence-electron chi connectivity index (χ0n) is 6.55. The maximum atomic E-state index is 11.4. The number of halogens is 4. The van der Waals surface area contributed by atoms with Gasteiger partial charge in [-0.05, 0) is 6.92 Å². The molecule has 0 aliphatic heterocycles. The molecule has 0 aliphatic carbocycles. The van der Waals surface area contributed by atoms with Crippen LogP contribution in [0.25, 0.3) is 0 Å². The molecule has 0 saturated heterocycles. The standard InChI is InChI=1S/C5H6F4.CH2O3/c1-2-3(4(6)7)5(8)9;2-1(3)4/h2,4-5H,1H3;(H2,2,3,4). The lowest BCUT2D eigenvalue weighted by Gasteiger charge is -2.01. The summed E-state index contributed by atoms with van der Waals surface area (Å²) in [5.41, 5.74) is -1.10. The predicted octanol–water partition coefficient (Wildman–Crippen LogP) is 2.69. The van der Waals surface area contributed by atoms with Crippen LogP contribution in [-0.2, 0) is 0 Å². The first kappa shape index (κ1) is 14.3. The van der Waals surface area contributed by atoms with Crippen molar-refractivity contribution in [3.63, 3.8) is 0 Å². The second-order valence-electron chi connectivity index (χ2n) is 1.67. The van der Waals surface area contributed by atoms with Gasteiger partial charge in [-0.15, -0.1) is 0 Å². The van der Waals surface area contributed by atoms with Crippen LogP contribution in [0.15, 0.2) is 11.6 Å². The molecule has 0 fully saturated rings. The van der Waals surface area contributed by atoms with Gasteiger partial charge < -0.3 is 10.2 Å². The smallest absolute Gasteiger partial charge is 0.450 e. The first-order valence-corrected chi connectivity index (χ1v) is 2.97. The van der Waals surface area contributed by atoms with E-state index in [1.807, 2.05) is 0 Å². The van der Waals surface area contributed by atoms with Gasteiger partial charge in [0.2, 0.25) is 0 Å². The summed E-state index contributed by atoms with van der Waals surface area (Å²) < 4.78 is 45.6. The van der Waals surface area contributed by atoms with Crippen molar-refractivity contribution in [2.45, 2.75) is 19.8 Å². The van der Waals surface area contributed by atoms with E-state index >= 15 is 0 Å². The molecule has 0 unspecified atom stereocenters. The number of carboxylic acid groups (broad SMARTS) is 2. The zero-order chi connectivity index (χ0) is 11.0. The van der Waals surface area contributed by atoms with Crippen LogP contribution in [0.3, 0.4) is 0 Å². The van der Waals surface area contributed by atoms with E-state index < -0.39 is 24.6 Å². The number of hydrogen-bond donors (Lipinski definition) is 2. The molecule has 0 aromatic carbocycles. The molecule has 0 rings (SSSR count). The molecule has 0 heterocycles. The average molecular weight is 204 g/mol. The highest BCUT2D eigenvalue weighted by molar-refractivity contribution is 5.53. The van der Waals surface area contributed by atoms with Crippen LogP contribution in [-0.4, -0.2) is 29.2 Å². The molecule has 0 saturated carbocycles. The Balaban J connectivity index is 0. The minimum absolute atomic E-state index is 0.731. The van der Waals surface area contributed by atoms with Crippen molar-refractivity contribution < 1.29 is 32.6 Å². The van der Waals surface area contributed by atoms with E-state index in [4.69, 9.17) is 15.0 Å². The lowest BCUT2D eigenvalue weighted by Crippen LogP contribution is -2.05.